The third-order valence-electron chi connectivity index (χ3n) is 3.01. The van der Waals surface area contributed by atoms with E-state index in [1.54, 1.807) is 0 Å². The molecular formula is C11H14BrN3O3. The lowest BCUT2D eigenvalue weighted by atomic mass is 9.93. The highest BCUT2D eigenvalue weighted by atomic mass is 79.9. The van der Waals surface area contributed by atoms with Gasteiger partial charge < -0.3 is 10.5 Å². The van der Waals surface area contributed by atoms with E-state index in [9.17, 15) is 10.1 Å². The SMILES string of the molecule is NC1CCCCC1Oc1ncc(Br)cc1[N+](=O)[O-]. The van der Waals surface area contributed by atoms with Gasteiger partial charge in [-0.2, -0.15) is 0 Å². The van der Waals surface area contributed by atoms with Crippen molar-refractivity contribution in [3.63, 3.8) is 0 Å². The van der Waals surface area contributed by atoms with E-state index < -0.39 is 4.92 Å². The molecule has 18 heavy (non-hydrogen) atoms. The van der Waals surface area contributed by atoms with Crippen LogP contribution in [0.2, 0.25) is 0 Å². The van der Waals surface area contributed by atoms with Crippen molar-refractivity contribution in [2.24, 2.45) is 5.73 Å². The van der Waals surface area contributed by atoms with E-state index >= 15 is 0 Å². The van der Waals surface area contributed by atoms with E-state index in [1.807, 2.05) is 0 Å². The van der Waals surface area contributed by atoms with Crippen LogP contribution in [0.15, 0.2) is 16.7 Å². The standard InChI is InChI=1S/C11H14BrN3O3/c12-7-5-9(15(16)17)11(14-6-7)18-10-4-2-1-3-8(10)13/h5-6,8,10H,1-4,13H2. The van der Waals surface area contributed by atoms with E-state index in [0.29, 0.717) is 4.47 Å². The van der Waals surface area contributed by atoms with Gasteiger partial charge in [-0.05, 0) is 35.2 Å². The number of halogens is 1. The molecule has 0 aliphatic heterocycles. The maximum Gasteiger partial charge on any atom is 0.332 e. The van der Waals surface area contributed by atoms with Crippen molar-refractivity contribution in [2.75, 3.05) is 0 Å². The first-order valence-electron chi connectivity index (χ1n) is 5.80. The van der Waals surface area contributed by atoms with Gasteiger partial charge in [-0.3, -0.25) is 10.1 Å². The molecule has 0 radical (unpaired) electrons. The zero-order valence-corrected chi connectivity index (χ0v) is 11.3. The quantitative estimate of drug-likeness (QED) is 0.683. The third kappa shape index (κ3) is 2.97. The Hall–Kier alpha value is -1.21. The number of pyridine rings is 1. The predicted octanol–water partition coefficient (Wildman–Crippen LogP) is 2.40. The lowest BCUT2D eigenvalue weighted by Crippen LogP contribution is -2.41. The molecule has 0 spiro atoms. The predicted molar refractivity (Wildman–Crippen MR) is 69.5 cm³/mol. The second-order valence-electron chi connectivity index (χ2n) is 4.34. The highest BCUT2D eigenvalue weighted by Gasteiger charge is 2.27. The summed E-state index contributed by atoms with van der Waals surface area (Å²) in [4.78, 5) is 14.4. The normalized spacial score (nSPS) is 23.7. The number of nitro groups is 1. The summed E-state index contributed by atoms with van der Waals surface area (Å²) < 4.78 is 6.17. The average molecular weight is 316 g/mol. The van der Waals surface area contributed by atoms with Crippen molar-refractivity contribution in [1.29, 1.82) is 0 Å². The minimum absolute atomic E-state index is 0.0468. The van der Waals surface area contributed by atoms with Gasteiger partial charge in [-0.1, -0.05) is 6.42 Å². The van der Waals surface area contributed by atoms with Crippen molar-refractivity contribution in [3.05, 3.63) is 26.9 Å². The summed E-state index contributed by atoms with van der Waals surface area (Å²) in [5.41, 5.74) is 5.81. The van der Waals surface area contributed by atoms with Crippen molar-refractivity contribution in [3.8, 4) is 5.88 Å². The molecule has 2 rings (SSSR count). The van der Waals surface area contributed by atoms with Crippen LogP contribution in [-0.2, 0) is 0 Å². The summed E-state index contributed by atoms with van der Waals surface area (Å²) in [6.45, 7) is 0. The van der Waals surface area contributed by atoms with Gasteiger partial charge in [0.05, 0.1) is 4.92 Å². The van der Waals surface area contributed by atoms with Gasteiger partial charge in [0.25, 0.3) is 5.88 Å². The average Bonchev–Trinajstić information content (AvgIpc) is 2.34. The molecule has 98 valence electrons. The Labute approximate surface area is 113 Å². The van der Waals surface area contributed by atoms with Crippen molar-refractivity contribution < 1.29 is 9.66 Å². The van der Waals surface area contributed by atoms with Gasteiger partial charge in [-0.15, -0.1) is 0 Å². The van der Waals surface area contributed by atoms with Crippen LogP contribution in [0.5, 0.6) is 5.88 Å². The number of nitrogens with zero attached hydrogens (tertiary/aromatic N) is 2. The fourth-order valence-corrected chi connectivity index (χ4v) is 2.37. The fraction of sp³-hybridized carbons (Fsp3) is 0.545. The highest BCUT2D eigenvalue weighted by molar-refractivity contribution is 9.10. The molecule has 1 heterocycles. The number of rotatable bonds is 3. The van der Waals surface area contributed by atoms with Gasteiger partial charge in [0.2, 0.25) is 0 Å². The van der Waals surface area contributed by atoms with E-state index in [0.717, 1.165) is 25.7 Å². The number of aromatic nitrogens is 1. The number of hydrogen-bond acceptors (Lipinski definition) is 5. The van der Waals surface area contributed by atoms with Crippen LogP contribution >= 0.6 is 15.9 Å². The van der Waals surface area contributed by atoms with E-state index in [2.05, 4.69) is 20.9 Å². The Kier molecular flexibility index (Phi) is 4.13. The van der Waals surface area contributed by atoms with Gasteiger partial charge in [0.15, 0.2) is 0 Å². The Morgan fingerprint density at radius 2 is 2.22 bits per heavy atom. The Bertz CT molecular complexity index is 455. The highest BCUT2D eigenvalue weighted by Crippen LogP contribution is 2.30. The molecule has 1 aliphatic carbocycles. The molecule has 1 aliphatic rings. The van der Waals surface area contributed by atoms with Gasteiger partial charge >= 0.3 is 5.69 Å². The largest absolute Gasteiger partial charge is 0.468 e. The van der Waals surface area contributed by atoms with Gasteiger partial charge in [-0.25, -0.2) is 4.98 Å². The molecule has 2 atom stereocenters. The number of hydrogen-bond donors (Lipinski definition) is 1. The maximum atomic E-state index is 10.9. The molecule has 1 aromatic heterocycles. The summed E-state index contributed by atoms with van der Waals surface area (Å²) in [6.07, 6.45) is 5.10. The van der Waals surface area contributed by atoms with Crippen LogP contribution in [0.25, 0.3) is 0 Å². The first-order valence-corrected chi connectivity index (χ1v) is 6.59. The monoisotopic (exact) mass is 315 g/mol. The van der Waals surface area contributed by atoms with E-state index in [4.69, 9.17) is 10.5 Å². The van der Waals surface area contributed by atoms with E-state index in [1.165, 1.54) is 12.3 Å². The summed E-state index contributed by atoms with van der Waals surface area (Å²) in [5, 5.41) is 10.9. The maximum absolute atomic E-state index is 10.9. The molecular weight excluding hydrogens is 302 g/mol. The minimum Gasteiger partial charge on any atom is -0.468 e. The summed E-state index contributed by atoms with van der Waals surface area (Å²) in [5.74, 6) is 0.0468. The first-order chi connectivity index (χ1) is 8.58. The van der Waals surface area contributed by atoms with Crippen molar-refractivity contribution in [1.82, 2.24) is 4.98 Å². The zero-order valence-electron chi connectivity index (χ0n) is 9.71. The first kappa shape index (κ1) is 13.2. The van der Waals surface area contributed by atoms with Crippen LogP contribution in [0, 0.1) is 10.1 Å². The van der Waals surface area contributed by atoms with Crippen LogP contribution in [0.1, 0.15) is 25.7 Å². The Morgan fingerprint density at radius 1 is 1.50 bits per heavy atom. The molecule has 0 amide bonds. The summed E-state index contributed by atoms with van der Waals surface area (Å²) in [6, 6.07) is 1.31. The lowest BCUT2D eigenvalue weighted by molar-refractivity contribution is -0.386. The summed E-state index contributed by atoms with van der Waals surface area (Å²) >= 11 is 3.15. The molecule has 2 unspecified atom stereocenters. The summed E-state index contributed by atoms with van der Waals surface area (Å²) in [7, 11) is 0. The van der Waals surface area contributed by atoms with Crippen molar-refractivity contribution >= 4 is 21.6 Å². The van der Waals surface area contributed by atoms with Crippen LogP contribution in [0.3, 0.4) is 0 Å². The topological polar surface area (TPSA) is 91.3 Å². The van der Waals surface area contributed by atoms with E-state index in [-0.39, 0.29) is 23.7 Å². The van der Waals surface area contributed by atoms with Crippen LogP contribution < -0.4 is 10.5 Å². The number of nitrogens with two attached hydrogens (primary N) is 1. The molecule has 0 saturated heterocycles. The molecule has 1 fully saturated rings. The van der Waals surface area contributed by atoms with Gasteiger partial charge in [0, 0.05) is 22.8 Å². The Balaban J connectivity index is 2.20. The van der Waals surface area contributed by atoms with Crippen LogP contribution in [-0.4, -0.2) is 22.1 Å². The zero-order chi connectivity index (χ0) is 13.1. The van der Waals surface area contributed by atoms with Crippen molar-refractivity contribution in [2.45, 2.75) is 37.8 Å². The Morgan fingerprint density at radius 3 is 2.89 bits per heavy atom. The lowest BCUT2D eigenvalue weighted by Gasteiger charge is -2.28. The number of ether oxygens (including phenoxy) is 1. The van der Waals surface area contributed by atoms with Crippen LogP contribution in [0.4, 0.5) is 5.69 Å². The molecule has 1 saturated carbocycles. The minimum atomic E-state index is -0.499. The second-order valence-corrected chi connectivity index (χ2v) is 5.26. The molecule has 7 heteroatoms. The smallest absolute Gasteiger partial charge is 0.332 e. The molecule has 2 N–H and O–H groups in total. The third-order valence-corrected chi connectivity index (χ3v) is 3.45. The second kappa shape index (κ2) is 5.62. The fourth-order valence-electron chi connectivity index (χ4n) is 2.05. The molecule has 0 aromatic carbocycles. The molecule has 6 nitrogen and oxygen atoms in total. The van der Waals surface area contributed by atoms with Gasteiger partial charge in [0.1, 0.15) is 6.10 Å². The molecule has 1 aromatic rings. The molecule has 0 bridgehead atoms.